The molecular formula is C16H18FN3O2. The molecule has 6 heteroatoms. The Kier molecular flexibility index (Phi) is 4.18. The molecule has 0 aliphatic heterocycles. The van der Waals surface area contributed by atoms with Gasteiger partial charge in [0.25, 0.3) is 0 Å². The summed E-state index contributed by atoms with van der Waals surface area (Å²) in [4.78, 5) is 16.2. The Morgan fingerprint density at radius 3 is 2.64 bits per heavy atom. The summed E-state index contributed by atoms with van der Waals surface area (Å²) in [6.07, 6.45) is 4.45. The van der Waals surface area contributed by atoms with Crippen molar-refractivity contribution in [3.05, 3.63) is 35.9 Å². The van der Waals surface area contributed by atoms with E-state index in [9.17, 15) is 9.18 Å². The van der Waals surface area contributed by atoms with E-state index in [1.165, 1.54) is 32.1 Å². The van der Waals surface area contributed by atoms with Crippen LogP contribution in [0.4, 0.5) is 4.39 Å². The summed E-state index contributed by atoms with van der Waals surface area (Å²) in [6.45, 7) is 0.0521. The minimum Gasteiger partial charge on any atom is -0.468 e. The molecule has 5 nitrogen and oxygen atoms in total. The average Bonchev–Trinajstić information content (AvgIpc) is 3.17. The molecule has 1 aromatic carbocycles. The molecule has 1 aromatic heterocycles. The average molecular weight is 303 g/mol. The third-order valence-electron chi connectivity index (χ3n) is 4.03. The van der Waals surface area contributed by atoms with E-state index >= 15 is 0 Å². The first-order valence-corrected chi connectivity index (χ1v) is 7.45. The van der Waals surface area contributed by atoms with Crippen molar-refractivity contribution in [2.45, 2.75) is 38.1 Å². The van der Waals surface area contributed by atoms with E-state index in [-0.39, 0.29) is 18.3 Å². The molecule has 0 radical (unpaired) electrons. The van der Waals surface area contributed by atoms with Gasteiger partial charge in [-0.1, -0.05) is 12.8 Å². The lowest BCUT2D eigenvalue weighted by molar-refractivity contribution is -0.141. The fraction of sp³-hybridized carbons (Fsp3) is 0.438. The molecule has 116 valence electrons. The van der Waals surface area contributed by atoms with Crippen molar-refractivity contribution < 1.29 is 13.9 Å². The number of ether oxygens (including phenoxy) is 1. The molecule has 1 aliphatic rings. The van der Waals surface area contributed by atoms with Gasteiger partial charge < -0.3 is 4.74 Å². The van der Waals surface area contributed by atoms with Gasteiger partial charge in [0.15, 0.2) is 5.82 Å². The molecule has 0 atom stereocenters. The number of nitrogens with zero attached hydrogens (tertiary/aromatic N) is 3. The smallest absolute Gasteiger partial charge is 0.327 e. The summed E-state index contributed by atoms with van der Waals surface area (Å²) < 4.78 is 19.4. The van der Waals surface area contributed by atoms with Crippen LogP contribution in [0.1, 0.15) is 37.4 Å². The number of methoxy groups -OCH3 is 1. The molecule has 0 spiro atoms. The van der Waals surface area contributed by atoms with Crippen molar-refractivity contribution in [2.75, 3.05) is 7.11 Å². The summed E-state index contributed by atoms with van der Waals surface area (Å²) in [6, 6.07) is 6.05. The van der Waals surface area contributed by atoms with Gasteiger partial charge in [0, 0.05) is 11.5 Å². The zero-order valence-electron chi connectivity index (χ0n) is 12.5. The molecule has 0 N–H and O–H groups in total. The molecule has 1 heterocycles. The second kappa shape index (κ2) is 6.25. The highest BCUT2D eigenvalue weighted by molar-refractivity contribution is 5.69. The Bertz CT molecular complexity index is 661. The number of esters is 1. The molecular weight excluding hydrogens is 285 g/mol. The summed E-state index contributed by atoms with van der Waals surface area (Å²) in [5.41, 5.74) is 0.740. The lowest BCUT2D eigenvalue weighted by Crippen LogP contribution is -2.16. The third kappa shape index (κ3) is 3.00. The Hall–Kier alpha value is -2.24. The van der Waals surface area contributed by atoms with E-state index in [0.29, 0.717) is 11.7 Å². The highest BCUT2D eigenvalue weighted by Gasteiger charge is 2.25. The van der Waals surface area contributed by atoms with E-state index in [0.717, 1.165) is 24.2 Å². The molecule has 3 rings (SSSR count). The summed E-state index contributed by atoms with van der Waals surface area (Å²) in [5, 5.41) is 4.42. The maximum atomic E-state index is 13.0. The molecule has 0 amide bonds. The largest absolute Gasteiger partial charge is 0.468 e. The molecule has 0 bridgehead atoms. The van der Waals surface area contributed by atoms with Gasteiger partial charge in [0.2, 0.25) is 0 Å². The van der Waals surface area contributed by atoms with E-state index in [1.807, 2.05) is 0 Å². The van der Waals surface area contributed by atoms with Gasteiger partial charge in [-0.25, -0.2) is 14.1 Å². The van der Waals surface area contributed by atoms with Gasteiger partial charge in [-0.05, 0) is 37.1 Å². The molecule has 22 heavy (non-hydrogen) atoms. The number of hydrogen-bond donors (Lipinski definition) is 0. The van der Waals surface area contributed by atoms with E-state index < -0.39 is 0 Å². The number of carbonyl (C=O) groups is 1. The monoisotopic (exact) mass is 303 g/mol. The van der Waals surface area contributed by atoms with E-state index in [2.05, 4.69) is 10.1 Å². The van der Waals surface area contributed by atoms with Crippen molar-refractivity contribution in [1.82, 2.24) is 14.8 Å². The highest BCUT2D eigenvalue weighted by Crippen LogP contribution is 2.34. The lowest BCUT2D eigenvalue weighted by Gasteiger charge is -2.09. The molecule has 1 saturated carbocycles. The Balaban J connectivity index is 1.95. The van der Waals surface area contributed by atoms with Gasteiger partial charge in [-0.2, -0.15) is 5.10 Å². The minimum absolute atomic E-state index is 0.0521. The van der Waals surface area contributed by atoms with Gasteiger partial charge in [0.05, 0.1) is 7.11 Å². The fourth-order valence-corrected chi connectivity index (χ4v) is 2.86. The second-order valence-electron chi connectivity index (χ2n) is 5.52. The number of halogens is 1. The zero-order chi connectivity index (χ0) is 15.5. The number of aromatic nitrogens is 3. The van der Waals surface area contributed by atoms with Crippen LogP contribution >= 0.6 is 0 Å². The van der Waals surface area contributed by atoms with Gasteiger partial charge in [-0.3, -0.25) is 4.79 Å². The van der Waals surface area contributed by atoms with Crippen molar-refractivity contribution in [2.24, 2.45) is 0 Å². The van der Waals surface area contributed by atoms with Crippen LogP contribution in [-0.2, 0) is 16.1 Å². The van der Waals surface area contributed by atoms with Crippen molar-refractivity contribution >= 4 is 5.97 Å². The Morgan fingerprint density at radius 1 is 1.32 bits per heavy atom. The summed E-state index contributed by atoms with van der Waals surface area (Å²) in [5.74, 6) is 1.02. The van der Waals surface area contributed by atoms with Crippen LogP contribution in [0.3, 0.4) is 0 Å². The number of benzene rings is 1. The maximum absolute atomic E-state index is 13.0. The molecule has 0 saturated heterocycles. The second-order valence-corrected chi connectivity index (χ2v) is 5.52. The first kappa shape index (κ1) is 14.7. The quantitative estimate of drug-likeness (QED) is 0.815. The Labute approximate surface area is 128 Å². The van der Waals surface area contributed by atoms with Crippen molar-refractivity contribution in [3.8, 4) is 11.4 Å². The molecule has 0 unspecified atom stereocenters. The van der Waals surface area contributed by atoms with Crippen LogP contribution in [0.5, 0.6) is 0 Å². The third-order valence-corrected chi connectivity index (χ3v) is 4.03. The molecule has 1 fully saturated rings. The fourth-order valence-electron chi connectivity index (χ4n) is 2.86. The predicted molar refractivity (Wildman–Crippen MR) is 78.6 cm³/mol. The minimum atomic E-state index is -0.352. The molecule has 2 aromatic rings. The van der Waals surface area contributed by atoms with Gasteiger partial charge in [-0.15, -0.1) is 0 Å². The number of carbonyl (C=O) groups excluding carboxylic acids is 1. The Morgan fingerprint density at radius 2 is 2.00 bits per heavy atom. The molecule has 1 aliphatic carbocycles. The number of hydrogen-bond acceptors (Lipinski definition) is 4. The van der Waals surface area contributed by atoms with E-state index in [1.54, 1.807) is 16.8 Å². The topological polar surface area (TPSA) is 57.0 Å². The predicted octanol–water partition coefficient (Wildman–Crippen LogP) is 2.91. The van der Waals surface area contributed by atoms with Crippen LogP contribution in [0.2, 0.25) is 0 Å². The first-order chi connectivity index (χ1) is 10.7. The van der Waals surface area contributed by atoms with Crippen LogP contribution < -0.4 is 0 Å². The first-order valence-electron chi connectivity index (χ1n) is 7.45. The summed E-state index contributed by atoms with van der Waals surface area (Å²) in [7, 11) is 1.36. The highest BCUT2D eigenvalue weighted by atomic mass is 19.1. The SMILES string of the molecule is COC(=O)Cn1nc(-c2ccc(F)cc2)nc1C1CCCC1. The number of rotatable bonds is 4. The van der Waals surface area contributed by atoms with Crippen molar-refractivity contribution in [3.63, 3.8) is 0 Å². The standard InChI is InChI=1S/C16H18FN3O2/c1-22-14(21)10-20-16(12-4-2-3-5-12)18-15(19-20)11-6-8-13(17)9-7-11/h6-9,12H,2-5,10H2,1H3. The van der Waals surface area contributed by atoms with Crippen LogP contribution in [0.15, 0.2) is 24.3 Å². The zero-order valence-corrected chi connectivity index (χ0v) is 12.5. The van der Waals surface area contributed by atoms with Gasteiger partial charge >= 0.3 is 5.97 Å². The normalized spacial score (nSPS) is 15.2. The van der Waals surface area contributed by atoms with Gasteiger partial charge in [0.1, 0.15) is 18.2 Å². The van der Waals surface area contributed by atoms with E-state index in [4.69, 9.17) is 4.74 Å². The summed E-state index contributed by atoms with van der Waals surface area (Å²) >= 11 is 0. The van der Waals surface area contributed by atoms with Crippen molar-refractivity contribution in [1.29, 1.82) is 0 Å². The lowest BCUT2D eigenvalue weighted by atomic mass is 10.1. The maximum Gasteiger partial charge on any atom is 0.327 e. The van der Waals surface area contributed by atoms with Crippen LogP contribution in [0.25, 0.3) is 11.4 Å². The van der Waals surface area contributed by atoms with Crippen LogP contribution in [-0.4, -0.2) is 27.8 Å². The van der Waals surface area contributed by atoms with Crippen LogP contribution in [0, 0.1) is 5.82 Å².